The van der Waals surface area contributed by atoms with Crippen molar-refractivity contribution in [2.45, 2.75) is 34.2 Å². The number of benzene rings is 2. The van der Waals surface area contributed by atoms with Crippen molar-refractivity contribution < 1.29 is 14.8 Å². The molecule has 3 aromatic rings. The maximum absolute atomic E-state index is 13.5. The standard InChI is InChI=1S/C26H26N2O3/c1-5-28-23-11-9-18(16(2)27-31)14-20(23)21-15-19(10-12-24(21)28)25(30)22-8-6-7-13-26(22,4)17(3)29/h6-15,22,31H,5H2,1-4H3. The Morgan fingerprint density at radius 2 is 1.65 bits per heavy atom. The third-order valence-corrected chi connectivity index (χ3v) is 6.58. The molecule has 0 fully saturated rings. The molecule has 1 aromatic heterocycles. The predicted molar refractivity (Wildman–Crippen MR) is 124 cm³/mol. The fourth-order valence-corrected chi connectivity index (χ4v) is 4.49. The summed E-state index contributed by atoms with van der Waals surface area (Å²) in [4.78, 5) is 25.9. The first-order valence-corrected chi connectivity index (χ1v) is 10.5. The van der Waals surface area contributed by atoms with Crippen LogP contribution < -0.4 is 0 Å². The molecule has 0 bridgehead atoms. The summed E-state index contributed by atoms with van der Waals surface area (Å²) in [6.07, 6.45) is 7.30. The average molecular weight is 415 g/mol. The number of rotatable bonds is 5. The molecule has 1 aliphatic carbocycles. The van der Waals surface area contributed by atoms with Gasteiger partial charge in [0.15, 0.2) is 5.78 Å². The van der Waals surface area contributed by atoms with Crippen LogP contribution in [0.2, 0.25) is 0 Å². The first-order chi connectivity index (χ1) is 14.8. The molecule has 158 valence electrons. The van der Waals surface area contributed by atoms with E-state index in [1.807, 2.05) is 67.6 Å². The second kappa shape index (κ2) is 7.65. The van der Waals surface area contributed by atoms with Crippen molar-refractivity contribution in [3.8, 4) is 0 Å². The summed E-state index contributed by atoms with van der Waals surface area (Å²) in [6, 6.07) is 11.7. The van der Waals surface area contributed by atoms with Crippen molar-refractivity contribution in [2.75, 3.05) is 0 Å². The van der Waals surface area contributed by atoms with Gasteiger partial charge in [0, 0.05) is 33.9 Å². The van der Waals surface area contributed by atoms with E-state index in [2.05, 4.69) is 16.6 Å². The van der Waals surface area contributed by atoms with Crippen LogP contribution in [0.3, 0.4) is 0 Å². The van der Waals surface area contributed by atoms with Crippen LogP contribution in [0.4, 0.5) is 0 Å². The first-order valence-electron chi connectivity index (χ1n) is 10.5. The number of carbonyl (C=O) groups excluding carboxylic acids is 2. The molecular weight excluding hydrogens is 388 g/mol. The summed E-state index contributed by atoms with van der Waals surface area (Å²) in [5.41, 5.74) is 3.19. The minimum absolute atomic E-state index is 0.0291. The number of aromatic nitrogens is 1. The molecule has 2 aromatic carbocycles. The smallest absolute Gasteiger partial charge is 0.171 e. The summed E-state index contributed by atoms with van der Waals surface area (Å²) < 4.78 is 2.21. The normalized spacial score (nSPS) is 21.2. The fourth-order valence-electron chi connectivity index (χ4n) is 4.49. The fraction of sp³-hybridized carbons (Fsp3) is 0.269. The number of Topliss-reactive ketones (excluding diaryl/α,β-unsaturated/α-hetero) is 2. The van der Waals surface area contributed by atoms with E-state index in [1.54, 1.807) is 6.92 Å². The molecule has 2 atom stereocenters. The number of hydrogen-bond donors (Lipinski definition) is 1. The Morgan fingerprint density at radius 3 is 2.23 bits per heavy atom. The van der Waals surface area contributed by atoms with Crippen molar-refractivity contribution in [3.63, 3.8) is 0 Å². The van der Waals surface area contributed by atoms with E-state index in [1.165, 1.54) is 6.92 Å². The van der Waals surface area contributed by atoms with E-state index in [0.29, 0.717) is 11.3 Å². The topological polar surface area (TPSA) is 71.7 Å². The molecule has 0 radical (unpaired) electrons. The molecule has 1 aliphatic rings. The Bertz CT molecular complexity index is 1310. The SMILES string of the molecule is CCn1c2ccc(C(=O)C3C=CC=CC3(C)C(C)=O)cc2c2cc(C(C)=NO)ccc21. The summed E-state index contributed by atoms with van der Waals surface area (Å²) in [6.45, 7) is 7.99. The van der Waals surface area contributed by atoms with Gasteiger partial charge in [-0.1, -0.05) is 35.5 Å². The lowest BCUT2D eigenvalue weighted by Gasteiger charge is -2.31. The van der Waals surface area contributed by atoms with Crippen molar-refractivity contribution in [1.82, 2.24) is 4.57 Å². The average Bonchev–Trinajstić information content (AvgIpc) is 3.10. The van der Waals surface area contributed by atoms with E-state index in [4.69, 9.17) is 0 Å². The Balaban J connectivity index is 1.90. The minimum atomic E-state index is -0.847. The molecule has 5 nitrogen and oxygen atoms in total. The van der Waals surface area contributed by atoms with Gasteiger partial charge in [0.25, 0.3) is 0 Å². The van der Waals surface area contributed by atoms with Gasteiger partial charge in [-0.15, -0.1) is 0 Å². The van der Waals surface area contributed by atoms with Crippen LogP contribution in [-0.4, -0.2) is 27.1 Å². The van der Waals surface area contributed by atoms with Crippen molar-refractivity contribution in [1.29, 1.82) is 0 Å². The highest BCUT2D eigenvalue weighted by Crippen LogP contribution is 2.38. The highest BCUT2D eigenvalue weighted by molar-refractivity contribution is 6.14. The molecule has 1 N–H and O–H groups in total. The zero-order valence-electron chi connectivity index (χ0n) is 18.2. The second-order valence-electron chi connectivity index (χ2n) is 8.32. The van der Waals surface area contributed by atoms with Gasteiger partial charge in [-0.25, -0.2) is 0 Å². The van der Waals surface area contributed by atoms with Crippen LogP contribution in [0.25, 0.3) is 21.8 Å². The lowest BCUT2D eigenvalue weighted by atomic mass is 9.69. The molecule has 31 heavy (non-hydrogen) atoms. The second-order valence-corrected chi connectivity index (χ2v) is 8.32. The number of aryl methyl sites for hydroxylation is 1. The lowest BCUT2D eigenvalue weighted by molar-refractivity contribution is -0.124. The third kappa shape index (κ3) is 3.21. The van der Waals surface area contributed by atoms with Gasteiger partial charge in [0.1, 0.15) is 5.78 Å². The highest BCUT2D eigenvalue weighted by Gasteiger charge is 2.40. The van der Waals surface area contributed by atoms with E-state index in [0.717, 1.165) is 33.9 Å². The molecule has 0 aliphatic heterocycles. The van der Waals surface area contributed by atoms with Crippen molar-refractivity contribution >= 4 is 39.1 Å². The first kappa shape index (κ1) is 20.8. The molecule has 1 heterocycles. The number of ketones is 2. The maximum atomic E-state index is 13.5. The summed E-state index contributed by atoms with van der Waals surface area (Å²) in [7, 11) is 0. The lowest BCUT2D eigenvalue weighted by Crippen LogP contribution is -2.37. The Hall–Kier alpha value is -3.47. The van der Waals surface area contributed by atoms with Crippen LogP contribution in [0.5, 0.6) is 0 Å². The number of fused-ring (bicyclic) bond motifs is 3. The molecule has 0 amide bonds. The predicted octanol–water partition coefficient (Wildman–Crippen LogP) is 5.53. The van der Waals surface area contributed by atoms with E-state index in [9.17, 15) is 14.8 Å². The number of carbonyl (C=O) groups is 2. The van der Waals surface area contributed by atoms with Gasteiger partial charge in [0.05, 0.1) is 17.0 Å². The molecular formula is C26H26N2O3. The van der Waals surface area contributed by atoms with E-state index >= 15 is 0 Å². The van der Waals surface area contributed by atoms with E-state index < -0.39 is 11.3 Å². The zero-order valence-corrected chi connectivity index (χ0v) is 18.2. The Labute approximate surface area is 181 Å². The summed E-state index contributed by atoms with van der Waals surface area (Å²) >= 11 is 0. The Kier molecular flexibility index (Phi) is 5.13. The van der Waals surface area contributed by atoms with Crippen LogP contribution in [0.15, 0.2) is 65.9 Å². The maximum Gasteiger partial charge on any atom is 0.171 e. The number of nitrogens with zero attached hydrogens (tertiary/aromatic N) is 2. The highest BCUT2D eigenvalue weighted by atomic mass is 16.4. The van der Waals surface area contributed by atoms with Gasteiger partial charge in [-0.05, 0) is 63.6 Å². The molecule has 2 unspecified atom stereocenters. The molecule has 4 rings (SSSR count). The quantitative estimate of drug-likeness (QED) is 0.258. The monoisotopic (exact) mass is 414 g/mol. The molecule has 0 saturated carbocycles. The molecule has 0 saturated heterocycles. The van der Waals surface area contributed by atoms with Crippen LogP contribution in [0.1, 0.15) is 43.6 Å². The Morgan fingerprint density at radius 1 is 1.03 bits per heavy atom. The molecule has 5 heteroatoms. The number of hydrogen-bond acceptors (Lipinski definition) is 4. The molecule has 0 spiro atoms. The minimum Gasteiger partial charge on any atom is -0.411 e. The summed E-state index contributed by atoms with van der Waals surface area (Å²) in [5, 5.41) is 14.5. The third-order valence-electron chi connectivity index (χ3n) is 6.58. The number of oxime groups is 1. The zero-order chi connectivity index (χ0) is 22.3. The van der Waals surface area contributed by atoms with Crippen LogP contribution >= 0.6 is 0 Å². The van der Waals surface area contributed by atoms with Gasteiger partial charge < -0.3 is 9.77 Å². The summed E-state index contributed by atoms with van der Waals surface area (Å²) in [5.74, 6) is -0.633. The van der Waals surface area contributed by atoms with Gasteiger partial charge >= 0.3 is 0 Å². The van der Waals surface area contributed by atoms with Gasteiger partial charge in [-0.3, -0.25) is 9.59 Å². The van der Waals surface area contributed by atoms with Crippen LogP contribution in [0, 0.1) is 11.3 Å². The van der Waals surface area contributed by atoms with Gasteiger partial charge in [0.2, 0.25) is 0 Å². The van der Waals surface area contributed by atoms with E-state index in [-0.39, 0.29) is 11.6 Å². The number of allylic oxidation sites excluding steroid dienone is 4. The van der Waals surface area contributed by atoms with Gasteiger partial charge in [-0.2, -0.15) is 0 Å². The van der Waals surface area contributed by atoms with Crippen LogP contribution in [-0.2, 0) is 11.3 Å². The van der Waals surface area contributed by atoms with Crippen molar-refractivity contribution in [3.05, 3.63) is 71.8 Å². The van der Waals surface area contributed by atoms with Crippen molar-refractivity contribution in [2.24, 2.45) is 16.5 Å². The largest absolute Gasteiger partial charge is 0.411 e.